The third kappa shape index (κ3) is 6.11. The molecule has 0 aliphatic carbocycles. The summed E-state index contributed by atoms with van der Waals surface area (Å²) in [6.45, 7) is 3.79. The second kappa shape index (κ2) is 10.5. The van der Waals surface area contributed by atoms with Crippen LogP contribution in [-0.2, 0) is 16.0 Å². The van der Waals surface area contributed by atoms with Gasteiger partial charge >= 0.3 is 5.97 Å². The van der Waals surface area contributed by atoms with Crippen LogP contribution in [0.3, 0.4) is 0 Å². The summed E-state index contributed by atoms with van der Waals surface area (Å²) in [4.78, 5) is 28.2. The Balaban J connectivity index is 1.83. The number of aliphatic carboxylic acids is 1. The maximum Gasteiger partial charge on any atom is 0.341 e. The molecule has 0 saturated carbocycles. The number of carbonyl (C=O) groups excluding carboxylic acids is 1. The van der Waals surface area contributed by atoms with Gasteiger partial charge in [0.1, 0.15) is 0 Å². The Morgan fingerprint density at radius 3 is 2.61 bits per heavy atom. The van der Waals surface area contributed by atoms with Gasteiger partial charge in [0.25, 0.3) is 5.91 Å². The third-order valence-corrected chi connectivity index (χ3v) is 5.69. The summed E-state index contributed by atoms with van der Waals surface area (Å²) in [7, 11) is 0. The minimum Gasteiger partial charge on any atom is -0.490 e. The molecular formula is C22H21BrN2O5S. The van der Waals surface area contributed by atoms with Crippen molar-refractivity contribution < 1.29 is 24.2 Å². The van der Waals surface area contributed by atoms with E-state index in [-0.39, 0.29) is 5.91 Å². The Bertz CT molecular complexity index is 1050. The van der Waals surface area contributed by atoms with Crippen LogP contribution in [0.5, 0.6) is 11.5 Å². The Kier molecular flexibility index (Phi) is 7.75. The lowest BCUT2D eigenvalue weighted by atomic mass is 10.2. The SMILES string of the molecule is CCOc1cc(/C=C2\SC(=Nc3ccc(CC)cc3)NC2=O)cc(Br)c1OCC(=O)O. The first-order valence-electron chi connectivity index (χ1n) is 9.59. The molecule has 1 amide bonds. The van der Waals surface area contributed by atoms with Crippen LogP contribution >= 0.6 is 27.7 Å². The molecule has 7 nitrogen and oxygen atoms in total. The van der Waals surface area contributed by atoms with Gasteiger partial charge in [-0.1, -0.05) is 19.1 Å². The van der Waals surface area contributed by atoms with Gasteiger partial charge in [0.2, 0.25) is 0 Å². The number of aliphatic imine (C=N–C) groups is 1. The van der Waals surface area contributed by atoms with Gasteiger partial charge in [0.05, 0.1) is 21.7 Å². The second-order valence-corrected chi connectivity index (χ2v) is 8.33. The molecule has 0 radical (unpaired) electrons. The van der Waals surface area contributed by atoms with Crippen molar-refractivity contribution in [3.63, 3.8) is 0 Å². The zero-order valence-electron chi connectivity index (χ0n) is 17.0. The van der Waals surface area contributed by atoms with Crippen molar-refractivity contribution in [3.8, 4) is 11.5 Å². The Morgan fingerprint density at radius 2 is 1.97 bits per heavy atom. The molecule has 1 aliphatic heterocycles. The summed E-state index contributed by atoms with van der Waals surface area (Å²) in [5.41, 5.74) is 2.69. The van der Waals surface area contributed by atoms with E-state index in [0.29, 0.717) is 38.2 Å². The monoisotopic (exact) mass is 504 g/mol. The highest BCUT2D eigenvalue weighted by Crippen LogP contribution is 2.38. The van der Waals surface area contributed by atoms with E-state index in [1.54, 1.807) is 18.2 Å². The molecule has 0 atom stereocenters. The second-order valence-electron chi connectivity index (χ2n) is 6.45. The van der Waals surface area contributed by atoms with Crippen LogP contribution in [0.15, 0.2) is 50.8 Å². The number of hydrogen-bond acceptors (Lipinski definition) is 6. The van der Waals surface area contributed by atoms with Crippen molar-refractivity contribution in [1.29, 1.82) is 0 Å². The predicted molar refractivity (Wildman–Crippen MR) is 125 cm³/mol. The van der Waals surface area contributed by atoms with Gasteiger partial charge in [-0.3, -0.25) is 4.79 Å². The fourth-order valence-electron chi connectivity index (χ4n) is 2.76. The molecule has 2 aromatic carbocycles. The largest absolute Gasteiger partial charge is 0.490 e. The molecular weight excluding hydrogens is 484 g/mol. The van der Waals surface area contributed by atoms with E-state index in [1.165, 1.54) is 17.3 Å². The summed E-state index contributed by atoms with van der Waals surface area (Å²) < 4.78 is 11.5. The van der Waals surface area contributed by atoms with Gasteiger partial charge in [-0.05, 0) is 82.5 Å². The number of carbonyl (C=O) groups is 2. The molecule has 1 fully saturated rings. The van der Waals surface area contributed by atoms with Gasteiger partial charge in [-0.15, -0.1) is 0 Å². The van der Waals surface area contributed by atoms with E-state index in [1.807, 2.05) is 31.2 Å². The van der Waals surface area contributed by atoms with Gasteiger partial charge in [-0.25, -0.2) is 9.79 Å². The lowest BCUT2D eigenvalue weighted by molar-refractivity contribution is -0.139. The standard InChI is InChI=1S/C22H21BrN2O5S/c1-3-13-5-7-15(8-6-13)24-22-25-21(28)18(31-22)11-14-9-16(23)20(30-12-19(26)27)17(10-14)29-4-2/h5-11H,3-4,12H2,1-2H3,(H,26,27)(H,24,25,28)/b18-11-. The quantitative estimate of drug-likeness (QED) is 0.502. The average Bonchev–Trinajstić information content (AvgIpc) is 3.06. The highest BCUT2D eigenvalue weighted by Gasteiger charge is 2.24. The number of nitrogens with one attached hydrogen (secondary N) is 1. The molecule has 1 heterocycles. The molecule has 0 bridgehead atoms. The molecule has 2 aromatic rings. The summed E-state index contributed by atoms with van der Waals surface area (Å²) in [5.74, 6) is -0.643. The number of benzene rings is 2. The van der Waals surface area contributed by atoms with E-state index in [2.05, 4.69) is 33.2 Å². The van der Waals surface area contributed by atoms with Crippen LogP contribution in [-0.4, -0.2) is 35.4 Å². The van der Waals surface area contributed by atoms with Crippen molar-refractivity contribution in [1.82, 2.24) is 5.32 Å². The number of amidine groups is 1. The van der Waals surface area contributed by atoms with Gasteiger partial charge < -0.3 is 19.9 Å². The van der Waals surface area contributed by atoms with E-state index < -0.39 is 12.6 Å². The van der Waals surface area contributed by atoms with Crippen molar-refractivity contribution in [2.75, 3.05) is 13.2 Å². The van der Waals surface area contributed by atoms with Crippen molar-refractivity contribution >= 4 is 56.5 Å². The first kappa shape index (κ1) is 22.9. The number of carboxylic acid groups (broad SMARTS) is 1. The number of amides is 1. The van der Waals surface area contributed by atoms with Gasteiger partial charge in [-0.2, -0.15) is 0 Å². The lowest BCUT2D eigenvalue weighted by Crippen LogP contribution is -2.19. The normalized spacial score (nSPS) is 15.9. The summed E-state index contributed by atoms with van der Waals surface area (Å²) in [6.07, 6.45) is 2.67. The van der Waals surface area contributed by atoms with Crippen LogP contribution in [0.4, 0.5) is 5.69 Å². The molecule has 2 N–H and O–H groups in total. The number of aryl methyl sites for hydroxylation is 1. The molecule has 3 rings (SSSR count). The molecule has 31 heavy (non-hydrogen) atoms. The number of halogens is 1. The molecule has 9 heteroatoms. The topological polar surface area (TPSA) is 97.2 Å². The first-order valence-corrected chi connectivity index (χ1v) is 11.2. The number of thioether (sulfide) groups is 1. The zero-order valence-corrected chi connectivity index (χ0v) is 19.4. The predicted octanol–water partition coefficient (Wildman–Crippen LogP) is 4.77. The maximum atomic E-state index is 12.4. The number of carboxylic acids is 1. The number of nitrogens with zero attached hydrogens (tertiary/aromatic N) is 1. The van der Waals surface area contributed by atoms with Gasteiger partial charge in [0, 0.05) is 0 Å². The van der Waals surface area contributed by atoms with Crippen LogP contribution in [0.25, 0.3) is 6.08 Å². The molecule has 0 unspecified atom stereocenters. The molecule has 0 spiro atoms. The molecule has 162 valence electrons. The highest BCUT2D eigenvalue weighted by molar-refractivity contribution is 9.10. The number of hydrogen-bond donors (Lipinski definition) is 2. The van der Waals surface area contributed by atoms with E-state index >= 15 is 0 Å². The lowest BCUT2D eigenvalue weighted by Gasteiger charge is -2.13. The maximum absolute atomic E-state index is 12.4. The Morgan fingerprint density at radius 1 is 1.23 bits per heavy atom. The minimum atomic E-state index is -1.09. The number of rotatable bonds is 8. The summed E-state index contributed by atoms with van der Waals surface area (Å²) >= 11 is 4.64. The van der Waals surface area contributed by atoms with E-state index in [9.17, 15) is 9.59 Å². The van der Waals surface area contributed by atoms with Crippen LogP contribution in [0, 0.1) is 0 Å². The molecule has 0 aromatic heterocycles. The summed E-state index contributed by atoms with van der Waals surface area (Å²) in [5, 5.41) is 12.1. The zero-order chi connectivity index (χ0) is 22.4. The van der Waals surface area contributed by atoms with Crippen LogP contribution in [0.1, 0.15) is 25.0 Å². The fourth-order valence-corrected chi connectivity index (χ4v) is 4.18. The van der Waals surface area contributed by atoms with Crippen LogP contribution in [0.2, 0.25) is 0 Å². The van der Waals surface area contributed by atoms with Crippen LogP contribution < -0.4 is 14.8 Å². The van der Waals surface area contributed by atoms with Gasteiger partial charge in [0.15, 0.2) is 23.3 Å². The van der Waals surface area contributed by atoms with Crippen molar-refractivity contribution in [3.05, 3.63) is 56.9 Å². The molecule has 1 aliphatic rings. The highest BCUT2D eigenvalue weighted by atomic mass is 79.9. The fraction of sp³-hybridized carbons (Fsp3) is 0.227. The Hall–Kier alpha value is -2.78. The Labute approximate surface area is 192 Å². The first-order chi connectivity index (χ1) is 14.9. The van der Waals surface area contributed by atoms with E-state index in [0.717, 1.165) is 12.1 Å². The minimum absolute atomic E-state index is 0.241. The third-order valence-electron chi connectivity index (χ3n) is 4.20. The van der Waals surface area contributed by atoms with Crippen molar-refractivity contribution in [2.24, 2.45) is 4.99 Å². The smallest absolute Gasteiger partial charge is 0.341 e. The van der Waals surface area contributed by atoms with E-state index in [4.69, 9.17) is 14.6 Å². The molecule has 1 saturated heterocycles. The summed E-state index contributed by atoms with van der Waals surface area (Å²) in [6, 6.07) is 11.3. The average molecular weight is 505 g/mol. The number of ether oxygens (including phenoxy) is 2. The van der Waals surface area contributed by atoms with Crippen molar-refractivity contribution in [2.45, 2.75) is 20.3 Å².